The van der Waals surface area contributed by atoms with Gasteiger partial charge in [-0.25, -0.2) is 0 Å². The van der Waals surface area contributed by atoms with Crippen molar-refractivity contribution >= 4 is 35.1 Å². The van der Waals surface area contributed by atoms with E-state index in [2.05, 4.69) is 111 Å². The summed E-state index contributed by atoms with van der Waals surface area (Å²) in [6, 6.07) is 29.8. The molecule has 0 amide bonds. The Bertz CT molecular complexity index is 887. The van der Waals surface area contributed by atoms with Gasteiger partial charge in [0.1, 0.15) is 12.4 Å². The summed E-state index contributed by atoms with van der Waals surface area (Å²) in [7, 11) is 4.11. The zero-order chi connectivity index (χ0) is 19.8. The van der Waals surface area contributed by atoms with Crippen LogP contribution in [0.5, 0.6) is 5.75 Å². The minimum Gasteiger partial charge on any atom is -0.492 e. The molecule has 0 unspecified atom stereocenters. The second-order valence-electron chi connectivity index (χ2n) is 7.12. The number of hydrogen-bond donors (Lipinski definition) is 0. The average molecular weight is 499 g/mol. The van der Waals surface area contributed by atoms with E-state index in [4.69, 9.17) is 4.74 Å². The highest BCUT2D eigenvalue weighted by Crippen LogP contribution is 2.34. The lowest BCUT2D eigenvalue weighted by Crippen LogP contribution is -2.19. The molecule has 0 aliphatic carbocycles. The topological polar surface area (TPSA) is 12.5 Å². The van der Waals surface area contributed by atoms with Crippen LogP contribution in [0.4, 0.5) is 0 Å². The van der Waals surface area contributed by atoms with Gasteiger partial charge < -0.3 is 9.64 Å². The molecule has 0 N–H and O–H groups in total. The standard InChI is InChI=1S/C26H29NO.HI/c1-4-25(21-11-7-5-8-12-21)26(22-13-9-6-10-14-22)23-15-17-24(18-16-23)28-20-19-27(2)3;/h5-18H,4,19-20H2,1-3H3;1H/b26-25-;. The van der Waals surface area contributed by atoms with Gasteiger partial charge in [-0.15, -0.1) is 24.0 Å². The van der Waals surface area contributed by atoms with Gasteiger partial charge in [-0.1, -0.05) is 79.7 Å². The maximum atomic E-state index is 5.87. The molecule has 0 radical (unpaired) electrons. The molecule has 0 spiro atoms. The third-order valence-corrected chi connectivity index (χ3v) is 4.79. The van der Waals surface area contributed by atoms with Gasteiger partial charge in [0.05, 0.1) is 0 Å². The monoisotopic (exact) mass is 499 g/mol. The first-order valence-electron chi connectivity index (χ1n) is 9.91. The minimum absolute atomic E-state index is 0. The van der Waals surface area contributed by atoms with Gasteiger partial charge in [-0.3, -0.25) is 0 Å². The Morgan fingerprint density at radius 1 is 0.724 bits per heavy atom. The van der Waals surface area contributed by atoms with Gasteiger partial charge in [0.2, 0.25) is 0 Å². The number of benzene rings is 3. The predicted octanol–water partition coefficient (Wildman–Crippen LogP) is 6.61. The molecule has 0 heterocycles. The summed E-state index contributed by atoms with van der Waals surface area (Å²) in [5, 5.41) is 0. The van der Waals surface area contributed by atoms with Crippen LogP contribution >= 0.6 is 24.0 Å². The number of halogens is 1. The number of allylic oxidation sites excluding steroid dienone is 1. The maximum absolute atomic E-state index is 5.87. The Hall–Kier alpha value is -2.11. The maximum Gasteiger partial charge on any atom is 0.119 e. The first-order valence-corrected chi connectivity index (χ1v) is 9.91. The van der Waals surface area contributed by atoms with Gasteiger partial charge in [-0.05, 0) is 60.5 Å². The third kappa shape index (κ3) is 6.44. The van der Waals surface area contributed by atoms with Gasteiger partial charge in [0, 0.05) is 6.54 Å². The third-order valence-electron chi connectivity index (χ3n) is 4.79. The van der Waals surface area contributed by atoms with E-state index in [1.807, 2.05) is 0 Å². The molecule has 152 valence electrons. The molecule has 0 saturated carbocycles. The Kier molecular flexibility index (Phi) is 9.42. The summed E-state index contributed by atoms with van der Waals surface area (Å²) < 4.78 is 5.87. The number of hydrogen-bond acceptors (Lipinski definition) is 2. The van der Waals surface area contributed by atoms with E-state index >= 15 is 0 Å². The molecular weight excluding hydrogens is 469 g/mol. The quantitative estimate of drug-likeness (QED) is 0.255. The Labute approximate surface area is 192 Å². The van der Waals surface area contributed by atoms with Crippen molar-refractivity contribution in [1.29, 1.82) is 0 Å². The van der Waals surface area contributed by atoms with E-state index in [1.54, 1.807) is 0 Å². The summed E-state index contributed by atoms with van der Waals surface area (Å²) in [5.74, 6) is 0.913. The van der Waals surface area contributed by atoms with Gasteiger partial charge in [0.25, 0.3) is 0 Å². The normalized spacial score (nSPS) is 11.6. The highest BCUT2D eigenvalue weighted by Gasteiger charge is 2.12. The summed E-state index contributed by atoms with van der Waals surface area (Å²) in [6.45, 7) is 3.83. The first-order chi connectivity index (χ1) is 13.7. The average Bonchev–Trinajstić information content (AvgIpc) is 2.73. The lowest BCUT2D eigenvalue weighted by molar-refractivity contribution is 0.261. The molecule has 0 bridgehead atoms. The smallest absolute Gasteiger partial charge is 0.119 e. The van der Waals surface area contributed by atoms with E-state index in [9.17, 15) is 0 Å². The van der Waals surface area contributed by atoms with Crippen molar-refractivity contribution in [1.82, 2.24) is 4.90 Å². The first kappa shape index (κ1) is 23.2. The van der Waals surface area contributed by atoms with Crippen LogP contribution in [0.15, 0.2) is 84.9 Å². The van der Waals surface area contributed by atoms with Crippen LogP contribution in [0.2, 0.25) is 0 Å². The second kappa shape index (κ2) is 11.8. The molecule has 0 aliphatic heterocycles. The van der Waals surface area contributed by atoms with Crippen molar-refractivity contribution in [3.63, 3.8) is 0 Å². The van der Waals surface area contributed by atoms with Crippen molar-refractivity contribution < 1.29 is 4.74 Å². The minimum atomic E-state index is 0. The lowest BCUT2D eigenvalue weighted by Gasteiger charge is -2.17. The Balaban J connectivity index is 0.00000300. The molecule has 0 fully saturated rings. The molecule has 29 heavy (non-hydrogen) atoms. The number of nitrogens with zero attached hydrogens (tertiary/aromatic N) is 1. The molecule has 3 aromatic carbocycles. The van der Waals surface area contributed by atoms with Crippen LogP contribution in [-0.4, -0.2) is 32.1 Å². The molecule has 3 aromatic rings. The molecule has 3 rings (SSSR count). The lowest BCUT2D eigenvalue weighted by atomic mass is 9.88. The summed E-state index contributed by atoms with van der Waals surface area (Å²) in [5.41, 5.74) is 6.37. The van der Waals surface area contributed by atoms with Crippen LogP contribution in [-0.2, 0) is 0 Å². The molecule has 2 nitrogen and oxygen atoms in total. The van der Waals surface area contributed by atoms with E-state index in [1.165, 1.54) is 27.8 Å². The van der Waals surface area contributed by atoms with Crippen molar-refractivity contribution in [3.05, 3.63) is 102 Å². The van der Waals surface area contributed by atoms with Gasteiger partial charge in [0.15, 0.2) is 0 Å². The molecule has 0 saturated heterocycles. The fourth-order valence-electron chi connectivity index (χ4n) is 3.35. The molecule has 3 heteroatoms. The number of ether oxygens (including phenoxy) is 1. The van der Waals surface area contributed by atoms with Crippen LogP contribution < -0.4 is 4.74 Å². The zero-order valence-corrected chi connectivity index (χ0v) is 19.8. The van der Waals surface area contributed by atoms with Gasteiger partial charge in [-0.2, -0.15) is 0 Å². The van der Waals surface area contributed by atoms with E-state index in [0.717, 1.165) is 18.7 Å². The van der Waals surface area contributed by atoms with Crippen molar-refractivity contribution in [2.45, 2.75) is 13.3 Å². The molecular formula is C26H30INO. The highest BCUT2D eigenvalue weighted by molar-refractivity contribution is 14.0. The van der Waals surface area contributed by atoms with Crippen molar-refractivity contribution in [2.24, 2.45) is 0 Å². The fourth-order valence-corrected chi connectivity index (χ4v) is 3.35. The SMILES string of the molecule is CC/C(=C(\c1ccccc1)c1ccc(OCCN(C)C)cc1)c1ccccc1.I. The number of rotatable bonds is 8. The van der Waals surface area contributed by atoms with E-state index in [-0.39, 0.29) is 24.0 Å². The van der Waals surface area contributed by atoms with Crippen LogP contribution in [0, 0.1) is 0 Å². The van der Waals surface area contributed by atoms with E-state index in [0.29, 0.717) is 6.61 Å². The van der Waals surface area contributed by atoms with Crippen LogP contribution in [0.3, 0.4) is 0 Å². The molecule has 0 aliphatic rings. The summed E-state index contributed by atoms with van der Waals surface area (Å²) in [4.78, 5) is 2.12. The van der Waals surface area contributed by atoms with Crippen LogP contribution in [0.25, 0.3) is 11.1 Å². The van der Waals surface area contributed by atoms with E-state index < -0.39 is 0 Å². The van der Waals surface area contributed by atoms with Crippen molar-refractivity contribution in [3.8, 4) is 5.75 Å². The fraction of sp³-hybridized carbons (Fsp3) is 0.231. The van der Waals surface area contributed by atoms with Crippen LogP contribution in [0.1, 0.15) is 30.0 Å². The highest BCUT2D eigenvalue weighted by atomic mass is 127. The Morgan fingerprint density at radius 3 is 1.76 bits per heavy atom. The van der Waals surface area contributed by atoms with Gasteiger partial charge >= 0.3 is 0 Å². The second-order valence-corrected chi connectivity index (χ2v) is 7.12. The number of likely N-dealkylation sites (N-methyl/N-ethyl adjacent to an activating group) is 1. The molecule has 0 atom stereocenters. The Morgan fingerprint density at radius 2 is 1.24 bits per heavy atom. The summed E-state index contributed by atoms with van der Waals surface area (Å²) in [6.07, 6.45) is 0.968. The van der Waals surface area contributed by atoms with Crippen molar-refractivity contribution in [2.75, 3.05) is 27.2 Å². The predicted molar refractivity (Wildman–Crippen MR) is 135 cm³/mol. The summed E-state index contributed by atoms with van der Waals surface area (Å²) >= 11 is 0. The zero-order valence-electron chi connectivity index (χ0n) is 17.5. The largest absolute Gasteiger partial charge is 0.492 e. The molecule has 0 aromatic heterocycles.